The summed E-state index contributed by atoms with van der Waals surface area (Å²) in [5.74, 6) is 0.00535. The normalized spacial score (nSPS) is 10.5. The second kappa shape index (κ2) is 3.98. The van der Waals surface area contributed by atoms with Gasteiger partial charge in [0.2, 0.25) is 5.91 Å². The van der Waals surface area contributed by atoms with Crippen LogP contribution in [0.25, 0.3) is 10.2 Å². The van der Waals surface area contributed by atoms with Crippen LogP contribution in [0.3, 0.4) is 0 Å². The zero-order valence-corrected chi connectivity index (χ0v) is 9.52. The molecule has 1 aromatic heterocycles. The van der Waals surface area contributed by atoms with E-state index in [0.717, 1.165) is 10.2 Å². The molecule has 0 aliphatic rings. The van der Waals surface area contributed by atoms with E-state index in [9.17, 15) is 4.79 Å². The molecule has 1 N–H and O–H groups in total. The highest BCUT2D eigenvalue weighted by molar-refractivity contribution is 7.22. The summed E-state index contributed by atoms with van der Waals surface area (Å²) in [5.41, 5.74) is 2.15. The van der Waals surface area contributed by atoms with E-state index >= 15 is 0 Å². The minimum Gasteiger partial charge on any atom is -0.302 e. The zero-order chi connectivity index (χ0) is 10.8. The fraction of sp³-hybridized carbons (Fsp3) is 0.273. The number of benzene rings is 1. The van der Waals surface area contributed by atoms with Crippen molar-refractivity contribution in [2.45, 2.75) is 20.3 Å². The maximum absolute atomic E-state index is 11.2. The first-order chi connectivity index (χ1) is 7.19. The quantitative estimate of drug-likeness (QED) is 0.845. The molecule has 2 rings (SSSR count). The Morgan fingerprint density at radius 1 is 1.53 bits per heavy atom. The van der Waals surface area contributed by atoms with Crippen molar-refractivity contribution in [3.05, 3.63) is 23.8 Å². The van der Waals surface area contributed by atoms with Crippen molar-refractivity contribution in [3.63, 3.8) is 0 Å². The summed E-state index contributed by atoms with van der Waals surface area (Å²) in [6.07, 6.45) is 0.481. The number of hydrogen-bond acceptors (Lipinski definition) is 3. The van der Waals surface area contributed by atoms with E-state index in [4.69, 9.17) is 0 Å². The molecule has 78 valence electrons. The fourth-order valence-electron chi connectivity index (χ4n) is 1.29. The molecule has 0 saturated carbocycles. The number of hydrogen-bond donors (Lipinski definition) is 1. The molecule has 0 fully saturated rings. The zero-order valence-electron chi connectivity index (χ0n) is 8.70. The van der Waals surface area contributed by atoms with Crippen LogP contribution >= 0.6 is 11.3 Å². The predicted molar refractivity (Wildman–Crippen MR) is 63.3 cm³/mol. The molecule has 0 radical (unpaired) electrons. The number of aromatic nitrogens is 1. The van der Waals surface area contributed by atoms with Crippen molar-refractivity contribution in [3.8, 4) is 0 Å². The molecule has 0 atom stereocenters. The molecule has 0 aliphatic carbocycles. The molecule has 0 spiro atoms. The number of nitrogens with zero attached hydrogens (tertiary/aromatic N) is 1. The Morgan fingerprint density at radius 2 is 2.33 bits per heavy atom. The maximum atomic E-state index is 11.2. The van der Waals surface area contributed by atoms with Crippen LogP contribution in [0, 0.1) is 6.92 Å². The molecule has 2 aromatic rings. The third kappa shape index (κ3) is 2.15. The molecule has 4 heteroatoms. The Labute approximate surface area is 92.1 Å². The number of rotatable bonds is 2. The number of aryl methyl sites for hydroxylation is 1. The lowest BCUT2D eigenvalue weighted by atomic mass is 10.2. The summed E-state index contributed by atoms with van der Waals surface area (Å²) in [5, 5.41) is 3.45. The number of fused-ring (bicyclic) bond motifs is 1. The van der Waals surface area contributed by atoms with Crippen LogP contribution in [-0.4, -0.2) is 10.9 Å². The molecule has 0 saturated heterocycles. The molecule has 1 aromatic carbocycles. The van der Waals surface area contributed by atoms with Gasteiger partial charge in [0.1, 0.15) is 0 Å². The lowest BCUT2D eigenvalue weighted by Crippen LogP contribution is -2.08. The largest absolute Gasteiger partial charge is 0.302 e. The summed E-state index contributed by atoms with van der Waals surface area (Å²) in [6, 6.07) is 6.07. The van der Waals surface area contributed by atoms with E-state index < -0.39 is 0 Å². The lowest BCUT2D eigenvalue weighted by Gasteiger charge is -1.95. The van der Waals surface area contributed by atoms with Crippen molar-refractivity contribution in [2.75, 3.05) is 5.32 Å². The van der Waals surface area contributed by atoms with E-state index in [1.807, 2.05) is 26.0 Å². The molecule has 15 heavy (non-hydrogen) atoms. The first-order valence-corrected chi connectivity index (χ1v) is 5.67. The van der Waals surface area contributed by atoms with Gasteiger partial charge in [0, 0.05) is 6.42 Å². The van der Waals surface area contributed by atoms with Gasteiger partial charge in [-0.05, 0) is 24.6 Å². The van der Waals surface area contributed by atoms with Gasteiger partial charge >= 0.3 is 0 Å². The Kier molecular flexibility index (Phi) is 2.68. The standard InChI is InChI=1S/C11H12N2OS/c1-3-10(14)13-11-12-8-5-4-7(2)6-9(8)15-11/h4-6H,3H2,1-2H3,(H,12,13,14). The SMILES string of the molecule is CCC(=O)Nc1nc2ccc(C)cc2s1. The molecule has 3 nitrogen and oxygen atoms in total. The highest BCUT2D eigenvalue weighted by Gasteiger charge is 2.05. The lowest BCUT2D eigenvalue weighted by molar-refractivity contribution is -0.115. The number of nitrogens with one attached hydrogen (secondary N) is 1. The fourth-order valence-corrected chi connectivity index (χ4v) is 2.27. The Balaban J connectivity index is 2.34. The van der Waals surface area contributed by atoms with Crippen LogP contribution in [0.4, 0.5) is 5.13 Å². The van der Waals surface area contributed by atoms with E-state index in [0.29, 0.717) is 11.6 Å². The molecule has 0 unspecified atom stereocenters. The van der Waals surface area contributed by atoms with E-state index in [1.54, 1.807) is 0 Å². The van der Waals surface area contributed by atoms with Gasteiger partial charge < -0.3 is 5.32 Å². The van der Waals surface area contributed by atoms with Gasteiger partial charge in [0.25, 0.3) is 0 Å². The second-order valence-electron chi connectivity index (χ2n) is 3.39. The van der Waals surface area contributed by atoms with Crippen LogP contribution in [-0.2, 0) is 4.79 Å². The first-order valence-electron chi connectivity index (χ1n) is 4.86. The van der Waals surface area contributed by atoms with Gasteiger partial charge in [-0.15, -0.1) is 0 Å². The van der Waals surface area contributed by atoms with Gasteiger partial charge in [-0.2, -0.15) is 0 Å². The highest BCUT2D eigenvalue weighted by Crippen LogP contribution is 2.26. The van der Waals surface area contributed by atoms with Gasteiger partial charge in [-0.3, -0.25) is 4.79 Å². The van der Waals surface area contributed by atoms with Crippen molar-refractivity contribution >= 4 is 32.6 Å². The smallest absolute Gasteiger partial charge is 0.225 e. The average molecular weight is 220 g/mol. The highest BCUT2D eigenvalue weighted by atomic mass is 32.1. The minimum absolute atomic E-state index is 0.00535. The van der Waals surface area contributed by atoms with Crippen LogP contribution < -0.4 is 5.32 Å². The van der Waals surface area contributed by atoms with Gasteiger partial charge in [-0.1, -0.05) is 24.3 Å². The third-order valence-electron chi connectivity index (χ3n) is 2.11. The van der Waals surface area contributed by atoms with Crippen molar-refractivity contribution < 1.29 is 4.79 Å². The van der Waals surface area contributed by atoms with Gasteiger partial charge in [-0.25, -0.2) is 4.98 Å². The number of thiazole rings is 1. The number of anilines is 1. The van der Waals surface area contributed by atoms with Crippen LogP contribution in [0.1, 0.15) is 18.9 Å². The Bertz CT molecular complexity index is 504. The number of carbonyl (C=O) groups is 1. The summed E-state index contributed by atoms with van der Waals surface area (Å²) < 4.78 is 1.11. The summed E-state index contributed by atoms with van der Waals surface area (Å²) in [6.45, 7) is 3.87. The molecule has 0 aliphatic heterocycles. The third-order valence-corrected chi connectivity index (χ3v) is 3.05. The number of amides is 1. The van der Waals surface area contributed by atoms with Crippen molar-refractivity contribution in [1.82, 2.24) is 4.98 Å². The Hall–Kier alpha value is -1.42. The van der Waals surface area contributed by atoms with Crippen LogP contribution in [0.5, 0.6) is 0 Å². The topological polar surface area (TPSA) is 42.0 Å². The van der Waals surface area contributed by atoms with E-state index in [-0.39, 0.29) is 5.91 Å². The molecular weight excluding hydrogens is 208 g/mol. The molecule has 1 amide bonds. The first kappa shape index (κ1) is 10.1. The summed E-state index contributed by atoms with van der Waals surface area (Å²) in [4.78, 5) is 15.5. The van der Waals surface area contributed by atoms with Crippen molar-refractivity contribution in [1.29, 1.82) is 0 Å². The maximum Gasteiger partial charge on any atom is 0.225 e. The van der Waals surface area contributed by atoms with Crippen molar-refractivity contribution in [2.24, 2.45) is 0 Å². The monoisotopic (exact) mass is 220 g/mol. The van der Waals surface area contributed by atoms with Gasteiger partial charge in [0.15, 0.2) is 5.13 Å². The average Bonchev–Trinajstić information content (AvgIpc) is 2.59. The molecular formula is C11H12N2OS. The van der Waals surface area contributed by atoms with Crippen LogP contribution in [0.15, 0.2) is 18.2 Å². The molecule has 0 bridgehead atoms. The summed E-state index contributed by atoms with van der Waals surface area (Å²) in [7, 11) is 0. The second-order valence-corrected chi connectivity index (χ2v) is 4.42. The van der Waals surface area contributed by atoms with E-state index in [2.05, 4.69) is 16.4 Å². The number of carbonyl (C=O) groups excluding carboxylic acids is 1. The summed E-state index contributed by atoms with van der Waals surface area (Å²) >= 11 is 1.51. The van der Waals surface area contributed by atoms with Crippen LogP contribution in [0.2, 0.25) is 0 Å². The molecule has 1 heterocycles. The van der Waals surface area contributed by atoms with E-state index in [1.165, 1.54) is 16.9 Å². The minimum atomic E-state index is 0.00535. The Morgan fingerprint density at radius 3 is 3.07 bits per heavy atom. The van der Waals surface area contributed by atoms with Gasteiger partial charge in [0.05, 0.1) is 10.2 Å². The predicted octanol–water partition coefficient (Wildman–Crippen LogP) is 2.95.